The number of anilines is 2. The van der Waals surface area contributed by atoms with Gasteiger partial charge < -0.3 is 16.4 Å². The summed E-state index contributed by atoms with van der Waals surface area (Å²) in [7, 11) is 0. The van der Waals surface area contributed by atoms with Gasteiger partial charge in [0.15, 0.2) is 5.13 Å². The van der Waals surface area contributed by atoms with Crippen molar-refractivity contribution < 1.29 is 4.79 Å². The summed E-state index contributed by atoms with van der Waals surface area (Å²) in [5.41, 5.74) is 5.83. The highest BCUT2D eigenvalue weighted by Crippen LogP contribution is 2.28. The van der Waals surface area contributed by atoms with Gasteiger partial charge in [-0.3, -0.25) is 4.79 Å². The van der Waals surface area contributed by atoms with Crippen molar-refractivity contribution in [3.05, 3.63) is 4.88 Å². The molecule has 112 valence electrons. The zero-order chi connectivity index (χ0) is 14.5. The molecule has 0 radical (unpaired) electrons. The van der Waals surface area contributed by atoms with E-state index in [1.165, 1.54) is 24.2 Å². The van der Waals surface area contributed by atoms with Gasteiger partial charge in [0.1, 0.15) is 10.7 Å². The molecule has 1 amide bonds. The maximum Gasteiger partial charge on any atom is 0.265 e. The Morgan fingerprint density at radius 1 is 1.55 bits per heavy atom. The van der Waals surface area contributed by atoms with Crippen molar-refractivity contribution in [1.29, 1.82) is 0 Å². The second-order valence-corrected chi connectivity index (χ2v) is 7.10. The maximum absolute atomic E-state index is 12.3. The first-order valence-corrected chi connectivity index (χ1v) is 9.08. The molecule has 5 nitrogen and oxygen atoms in total. The monoisotopic (exact) mass is 314 g/mol. The Labute approximate surface area is 128 Å². The van der Waals surface area contributed by atoms with Crippen LogP contribution in [-0.4, -0.2) is 35.0 Å². The molecule has 0 saturated heterocycles. The molecule has 1 aliphatic rings. The maximum atomic E-state index is 12.3. The van der Waals surface area contributed by atoms with Gasteiger partial charge in [-0.2, -0.15) is 11.8 Å². The molecular formula is C13H22N4OS2. The van der Waals surface area contributed by atoms with Gasteiger partial charge in [-0.05, 0) is 32.4 Å². The minimum absolute atomic E-state index is 0.0871. The number of aromatic nitrogens is 1. The highest BCUT2D eigenvalue weighted by Gasteiger charge is 2.24. The molecule has 2 unspecified atom stereocenters. The second-order valence-electron chi connectivity index (χ2n) is 4.96. The Morgan fingerprint density at radius 2 is 2.35 bits per heavy atom. The lowest BCUT2D eigenvalue weighted by molar-refractivity contribution is 0.0933. The Kier molecular flexibility index (Phi) is 5.54. The van der Waals surface area contributed by atoms with Crippen LogP contribution in [0.5, 0.6) is 0 Å². The number of hydrogen-bond acceptors (Lipinski definition) is 6. The SMILES string of the molecule is CCNc1nc(N)c(C(=O)NC2CCCC(SC)C2)s1. The highest BCUT2D eigenvalue weighted by molar-refractivity contribution is 7.99. The zero-order valence-corrected chi connectivity index (χ0v) is 13.6. The first-order chi connectivity index (χ1) is 9.63. The van der Waals surface area contributed by atoms with Crippen molar-refractivity contribution in [2.45, 2.75) is 43.9 Å². The molecule has 0 spiro atoms. The molecule has 20 heavy (non-hydrogen) atoms. The number of thioether (sulfide) groups is 1. The van der Waals surface area contributed by atoms with Crippen LogP contribution in [0.4, 0.5) is 10.9 Å². The number of carbonyl (C=O) groups is 1. The van der Waals surface area contributed by atoms with E-state index in [0.29, 0.717) is 21.1 Å². The average molecular weight is 314 g/mol. The molecule has 2 rings (SSSR count). The Balaban J connectivity index is 1.97. The summed E-state index contributed by atoms with van der Waals surface area (Å²) in [5, 5.41) is 7.56. The summed E-state index contributed by atoms with van der Waals surface area (Å²) >= 11 is 3.21. The fourth-order valence-corrected chi connectivity index (χ4v) is 4.15. The molecule has 0 aromatic carbocycles. The molecule has 7 heteroatoms. The van der Waals surface area contributed by atoms with E-state index in [1.807, 2.05) is 18.7 Å². The van der Waals surface area contributed by atoms with E-state index in [1.54, 1.807) is 0 Å². The van der Waals surface area contributed by atoms with Crippen LogP contribution >= 0.6 is 23.1 Å². The fourth-order valence-electron chi connectivity index (χ4n) is 2.46. The largest absolute Gasteiger partial charge is 0.382 e. The summed E-state index contributed by atoms with van der Waals surface area (Å²) in [6.45, 7) is 2.76. The topological polar surface area (TPSA) is 80.0 Å². The van der Waals surface area contributed by atoms with Crippen LogP contribution in [0.1, 0.15) is 42.3 Å². The predicted octanol–water partition coefficient (Wildman–Crippen LogP) is 2.56. The van der Waals surface area contributed by atoms with Crippen LogP contribution in [0.15, 0.2) is 0 Å². The minimum atomic E-state index is -0.0871. The third kappa shape index (κ3) is 3.79. The van der Waals surface area contributed by atoms with Gasteiger partial charge >= 0.3 is 0 Å². The van der Waals surface area contributed by atoms with Gasteiger partial charge in [0, 0.05) is 17.8 Å². The van der Waals surface area contributed by atoms with Gasteiger partial charge in [0.05, 0.1) is 0 Å². The Hall–Kier alpha value is -0.950. The third-order valence-corrected chi connectivity index (χ3v) is 5.60. The third-order valence-electron chi connectivity index (χ3n) is 3.48. The van der Waals surface area contributed by atoms with E-state index >= 15 is 0 Å². The number of nitrogens with two attached hydrogens (primary N) is 1. The van der Waals surface area contributed by atoms with Crippen LogP contribution in [0.3, 0.4) is 0 Å². The van der Waals surface area contributed by atoms with Gasteiger partial charge in [-0.1, -0.05) is 17.8 Å². The zero-order valence-electron chi connectivity index (χ0n) is 11.9. The summed E-state index contributed by atoms with van der Waals surface area (Å²) in [5.74, 6) is 0.233. The molecule has 1 saturated carbocycles. The van der Waals surface area contributed by atoms with Gasteiger partial charge in [-0.15, -0.1) is 0 Å². The van der Waals surface area contributed by atoms with Crippen LogP contribution in [0.2, 0.25) is 0 Å². The van der Waals surface area contributed by atoms with E-state index < -0.39 is 0 Å². The summed E-state index contributed by atoms with van der Waals surface area (Å²) < 4.78 is 0. The van der Waals surface area contributed by atoms with Crippen LogP contribution in [0.25, 0.3) is 0 Å². The Bertz CT molecular complexity index is 463. The molecule has 1 aliphatic carbocycles. The summed E-state index contributed by atoms with van der Waals surface area (Å²) in [4.78, 5) is 17.0. The average Bonchev–Trinajstić information content (AvgIpc) is 2.80. The number of nitrogen functional groups attached to an aromatic ring is 1. The van der Waals surface area contributed by atoms with Crippen molar-refractivity contribution in [2.75, 3.05) is 23.9 Å². The van der Waals surface area contributed by atoms with Crippen molar-refractivity contribution >= 4 is 40.0 Å². The van der Waals surface area contributed by atoms with Crippen LogP contribution in [-0.2, 0) is 0 Å². The lowest BCUT2D eigenvalue weighted by Gasteiger charge is -2.28. The van der Waals surface area contributed by atoms with Gasteiger partial charge in [0.25, 0.3) is 5.91 Å². The molecule has 1 aromatic heterocycles. The second kappa shape index (κ2) is 7.17. The molecule has 1 heterocycles. The first kappa shape index (κ1) is 15.4. The molecule has 2 atom stereocenters. The molecule has 4 N–H and O–H groups in total. The first-order valence-electron chi connectivity index (χ1n) is 6.97. The molecule has 0 bridgehead atoms. The lowest BCUT2D eigenvalue weighted by Crippen LogP contribution is -2.39. The smallest absolute Gasteiger partial charge is 0.265 e. The number of rotatable bonds is 5. The standard InChI is InChI=1S/C13H22N4OS2/c1-3-15-13-17-11(14)10(20-13)12(18)16-8-5-4-6-9(7-8)19-2/h8-9H,3-7,14H2,1-2H3,(H,15,17)(H,16,18). The molecule has 0 aliphatic heterocycles. The number of thiazole rings is 1. The normalized spacial score (nSPS) is 22.5. The van der Waals surface area contributed by atoms with E-state index in [2.05, 4.69) is 21.9 Å². The number of amides is 1. The number of nitrogens with one attached hydrogen (secondary N) is 2. The van der Waals surface area contributed by atoms with Crippen LogP contribution in [0, 0.1) is 0 Å². The summed E-state index contributed by atoms with van der Waals surface area (Å²) in [6, 6.07) is 0.262. The van der Waals surface area contributed by atoms with E-state index in [9.17, 15) is 4.79 Å². The summed E-state index contributed by atoms with van der Waals surface area (Å²) in [6.07, 6.45) is 6.67. The molecule has 1 aromatic rings. The number of hydrogen-bond donors (Lipinski definition) is 3. The number of nitrogens with zero attached hydrogens (tertiary/aromatic N) is 1. The molecule has 1 fully saturated rings. The van der Waals surface area contributed by atoms with E-state index in [-0.39, 0.29) is 11.9 Å². The predicted molar refractivity (Wildman–Crippen MR) is 87.7 cm³/mol. The lowest BCUT2D eigenvalue weighted by atomic mass is 9.95. The van der Waals surface area contributed by atoms with E-state index in [4.69, 9.17) is 5.73 Å². The number of carbonyl (C=O) groups excluding carboxylic acids is 1. The van der Waals surface area contributed by atoms with Crippen molar-refractivity contribution in [1.82, 2.24) is 10.3 Å². The van der Waals surface area contributed by atoms with Crippen molar-refractivity contribution in [3.63, 3.8) is 0 Å². The van der Waals surface area contributed by atoms with Gasteiger partial charge in [-0.25, -0.2) is 4.98 Å². The van der Waals surface area contributed by atoms with Crippen molar-refractivity contribution in [3.8, 4) is 0 Å². The van der Waals surface area contributed by atoms with Crippen LogP contribution < -0.4 is 16.4 Å². The quantitative estimate of drug-likeness (QED) is 0.778. The fraction of sp³-hybridized carbons (Fsp3) is 0.692. The highest BCUT2D eigenvalue weighted by atomic mass is 32.2. The van der Waals surface area contributed by atoms with Gasteiger partial charge in [0.2, 0.25) is 0 Å². The Morgan fingerprint density at radius 3 is 3.05 bits per heavy atom. The van der Waals surface area contributed by atoms with Crippen molar-refractivity contribution in [2.24, 2.45) is 0 Å². The molecular weight excluding hydrogens is 292 g/mol. The van der Waals surface area contributed by atoms with E-state index in [0.717, 1.165) is 19.4 Å². The minimum Gasteiger partial charge on any atom is -0.382 e.